The lowest BCUT2D eigenvalue weighted by atomic mass is 10.1. The highest BCUT2D eigenvalue weighted by atomic mass is 16.9. The van der Waals surface area contributed by atoms with Crippen molar-refractivity contribution in [1.82, 2.24) is 0 Å². The molecule has 1 aliphatic rings. The lowest BCUT2D eigenvalue weighted by Gasteiger charge is -2.27. The first-order valence-electron chi connectivity index (χ1n) is 13.0. The predicted molar refractivity (Wildman–Crippen MR) is 138 cm³/mol. The molecule has 1 N–H and O–H groups in total. The van der Waals surface area contributed by atoms with Crippen molar-refractivity contribution in [1.29, 1.82) is 0 Å². The Kier molecular flexibility index (Phi) is 10.3. The Balaban J connectivity index is 1.46. The molecular formula is C29H38O8. The van der Waals surface area contributed by atoms with Gasteiger partial charge >= 0.3 is 12.1 Å². The van der Waals surface area contributed by atoms with Gasteiger partial charge in [-0.3, -0.25) is 0 Å². The molecule has 1 fully saturated rings. The number of carboxylic acid groups (broad SMARTS) is 1. The van der Waals surface area contributed by atoms with E-state index in [1.807, 2.05) is 0 Å². The maximum absolute atomic E-state index is 12.6. The van der Waals surface area contributed by atoms with Crippen LogP contribution < -0.4 is 9.47 Å². The maximum Gasteiger partial charge on any atom is 0.508 e. The summed E-state index contributed by atoms with van der Waals surface area (Å²) in [4.78, 5) is 23.8. The van der Waals surface area contributed by atoms with Gasteiger partial charge < -0.3 is 28.8 Å². The SMILES string of the molecule is CCCCCCCCCCOc1ccc(C(=O)Oc2ccc([C@@]3(OC(=O)O)COC(C)(C)O3)cc2)cc1. The van der Waals surface area contributed by atoms with Crippen LogP contribution in [0.4, 0.5) is 4.79 Å². The van der Waals surface area contributed by atoms with Crippen molar-refractivity contribution in [3.05, 3.63) is 59.7 Å². The molecule has 2 aromatic rings. The lowest BCUT2D eigenvalue weighted by molar-refractivity contribution is -0.240. The van der Waals surface area contributed by atoms with Crippen molar-refractivity contribution in [2.45, 2.75) is 83.7 Å². The first kappa shape index (κ1) is 28.5. The molecule has 0 aliphatic carbocycles. The van der Waals surface area contributed by atoms with Gasteiger partial charge in [0, 0.05) is 5.56 Å². The molecule has 37 heavy (non-hydrogen) atoms. The number of hydrogen-bond donors (Lipinski definition) is 1. The van der Waals surface area contributed by atoms with Gasteiger partial charge in [-0.2, -0.15) is 0 Å². The average molecular weight is 515 g/mol. The van der Waals surface area contributed by atoms with Gasteiger partial charge in [0.1, 0.15) is 18.1 Å². The number of hydrogen-bond acceptors (Lipinski definition) is 7. The number of carbonyl (C=O) groups is 2. The third-order valence-electron chi connectivity index (χ3n) is 6.13. The summed E-state index contributed by atoms with van der Waals surface area (Å²) >= 11 is 0. The molecule has 0 aromatic heterocycles. The number of esters is 1. The van der Waals surface area contributed by atoms with E-state index in [1.165, 1.54) is 38.5 Å². The van der Waals surface area contributed by atoms with Gasteiger partial charge in [0.15, 0.2) is 5.79 Å². The summed E-state index contributed by atoms with van der Waals surface area (Å²) in [5, 5.41) is 9.17. The normalized spacial score (nSPS) is 18.4. The minimum absolute atomic E-state index is 0.0983. The molecule has 0 unspecified atom stereocenters. The first-order valence-corrected chi connectivity index (χ1v) is 13.0. The van der Waals surface area contributed by atoms with Crippen LogP contribution in [0.1, 0.15) is 88.1 Å². The minimum Gasteiger partial charge on any atom is -0.494 e. The Morgan fingerprint density at radius 1 is 0.865 bits per heavy atom. The van der Waals surface area contributed by atoms with Crippen LogP contribution in [-0.4, -0.2) is 36.2 Å². The average Bonchev–Trinajstić information content (AvgIpc) is 3.18. The number of unbranched alkanes of at least 4 members (excludes halogenated alkanes) is 7. The molecule has 8 heteroatoms. The van der Waals surface area contributed by atoms with Crippen LogP contribution in [0.2, 0.25) is 0 Å². The van der Waals surface area contributed by atoms with E-state index < -0.39 is 23.7 Å². The highest BCUT2D eigenvalue weighted by Crippen LogP contribution is 2.40. The van der Waals surface area contributed by atoms with E-state index in [-0.39, 0.29) is 6.61 Å². The Bertz CT molecular complexity index is 1000. The quantitative estimate of drug-likeness (QED) is 0.162. The highest BCUT2D eigenvalue weighted by molar-refractivity contribution is 5.91. The molecule has 202 valence electrons. The van der Waals surface area contributed by atoms with Crippen molar-refractivity contribution in [3.63, 3.8) is 0 Å². The van der Waals surface area contributed by atoms with Gasteiger partial charge in [-0.05, 0) is 68.8 Å². The monoisotopic (exact) mass is 514 g/mol. The number of benzene rings is 2. The Morgan fingerprint density at radius 3 is 2.03 bits per heavy atom. The van der Waals surface area contributed by atoms with E-state index in [1.54, 1.807) is 62.4 Å². The smallest absolute Gasteiger partial charge is 0.494 e. The zero-order valence-corrected chi connectivity index (χ0v) is 22.0. The topological polar surface area (TPSA) is 101 Å². The minimum atomic E-state index is -1.59. The van der Waals surface area contributed by atoms with Crippen LogP contribution in [0.3, 0.4) is 0 Å². The van der Waals surface area contributed by atoms with Gasteiger partial charge in [-0.1, -0.05) is 51.9 Å². The van der Waals surface area contributed by atoms with Gasteiger partial charge in [0.05, 0.1) is 12.2 Å². The second-order valence-electron chi connectivity index (χ2n) is 9.67. The van der Waals surface area contributed by atoms with E-state index in [0.29, 0.717) is 29.2 Å². The Morgan fingerprint density at radius 2 is 1.46 bits per heavy atom. The summed E-state index contributed by atoms with van der Waals surface area (Å²) < 4.78 is 27.6. The molecular weight excluding hydrogens is 476 g/mol. The molecule has 1 heterocycles. The standard InChI is InChI=1S/C29H38O8/c1-4-5-6-7-8-9-10-11-20-33-24-16-12-22(13-17-24)26(30)35-25-18-14-23(15-19-25)29(36-27(31)32)21-34-28(2,3)37-29/h12-19H,4-11,20-21H2,1-3H3,(H,31,32)/t29-/m1/s1. The van der Waals surface area contributed by atoms with Crippen molar-refractivity contribution in [3.8, 4) is 11.5 Å². The van der Waals surface area contributed by atoms with Gasteiger partial charge in [-0.15, -0.1) is 0 Å². The van der Waals surface area contributed by atoms with Crippen molar-refractivity contribution in [2.24, 2.45) is 0 Å². The zero-order valence-electron chi connectivity index (χ0n) is 22.0. The molecule has 1 aliphatic heterocycles. The zero-order chi connectivity index (χ0) is 26.7. The van der Waals surface area contributed by atoms with E-state index in [9.17, 15) is 9.59 Å². The van der Waals surface area contributed by atoms with Crippen molar-refractivity contribution in [2.75, 3.05) is 13.2 Å². The Hall–Kier alpha value is -3.10. The van der Waals surface area contributed by atoms with Gasteiger partial charge in [0.2, 0.25) is 0 Å². The molecule has 0 bridgehead atoms. The molecule has 1 saturated heterocycles. The summed E-state index contributed by atoms with van der Waals surface area (Å²) in [6.07, 6.45) is 8.47. The fraction of sp³-hybridized carbons (Fsp3) is 0.517. The molecule has 0 amide bonds. The summed E-state index contributed by atoms with van der Waals surface area (Å²) in [6.45, 7) is 6.13. The predicted octanol–water partition coefficient (Wildman–Crippen LogP) is 7.06. The van der Waals surface area contributed by atoms with Crippen molar-refractivity contribution < 1.29 is 38.4 Å². The fourth-order valence-corrected chi connectivity index (χ4v) is 4.17. The second-order valence-corrected chi connectivity index (χ2v) is 9.67. The number of rotatable bonds is 14. The van der Waals surface area contributed by atoms with Crippen LogP contribution in [0.15, 0.2) is 48.5 Å². The number of ether oxygens (including phenoxy) is 5. The van der Waals surface area contributed by atoms with Crippen LogP contribution in [0.5, 0.6) is 11.5 Å². The molecule has 0 saturated carbocycles. The molecule has 0 radical (unpaired) electrons. The van der Waals surface area contributed by atoms with Crippen LogP contribution >= 0.6 is 0 Å². The summed E-state index contributed by atoms with van der Waals surface area (Å²) in [5.41, 5.74) is 0.821. The molecule has 3 rings (SSSR count). The molecule has 0 spiro atoms. The van der Waals surface area contributed by atoms with Crippen LogP contribution in [-0.2, 0) is 20.0 Å². The summed E-state index contributed by atoms with van der Waals surface area (Å²) in [7, 11) is 0. The van der Waals surface area contributed by atoms with Crippen LogP contribution in [0.25, 0.3) is 0 Å². The van der Waals surface area contributed by atoms with E-state index in [0.717, 1.165) is 12.8 Å². The first-order chi connectivity index (χ1) is 17.7. The lowest BCUT2D eigenvalue weighted by Crippen LogP contribution is -2.36. The van der Waals surface area contributed by atoms with E-state index in [2.05, 4.69) is 6.92 Å². The molecule has 1 atom stereocenters. The molecule has 2 aromatic carbocycles. The third-order valence-corrected chi connectivity index (χ3v) is 6.13. The summed E-state index contributed by atoms with van der Waals surface area (Å²) in [6, 6.07) is 13.1. The van der Waals surface area contributed by atoms with E-state index in [4.69, 9.17) is 28.8 Å². The maximum atomic E-state index is 12.6. The third kappa shape index (κ3) is 8.76. The van der Waals surface area contributed by atoms with Gasteiger partial charge in [-0.25, -0.2) is 9.59 Å². The molecule has 8 nitrogen and oxygen atoms in total. The van der Waals surface area contributed by atoms with Crippen molar-refractivity contribution >= 4 is 12.1 Å². The highest BCUT2D eigenvalue weighted by Gasteiger charge is 2.50. The van der Waals surface area contributed by atoms with Gasteiger partial charge in [0.25, 0.3) is 5.79 Å². The Labute approximate surface area is 218 Å². The van der Waals surface area contributed by atoms with E-state index >= 15 is 0 Å². The van der Waals surface area contributed by atoms with Crippen LogP contribution in [0, 0.1) is 0 Å². The number of carbonyl (C=O) groups excluding carboxylic acids is 1. The summed E-state index contributed by atoms with van der Waals surface area (Å²) in [5.74, 6) is -2.10. The second kappa shape index (κ2) is 13.4. The fourth-order valence-electron chi connectivity index (χ4n) is 4.17. The largest absolute Gasteiger partial charge is 0.508 e.